The van der Waals surface area contributed by atoms with Crippen LogP contribution in [0.5, 0.6) is 0 Å². The molecule has 0 saturated carbocycles. The third-order valence-electron chi connectivity index (χ3n) is 2.48. The summed E-state index contributed by atoms with van der Waals surface area (Å²) in [7, 11) is 0. The summed E-state index contributed by atoms with van der Waals surface area (Å²) in [5.41, 5.74) is 6.63. The van der Waals surface area contributed by atoms with Crippen LogP contribution in [0.2, 0.25) is 5.02 Å². The van der Waals surface area contributed by atoms with Crippen LogP contribution in [0.25, 0.3) is 0 Å². The van der Waals surface area contributed by atoms with Crippen LogP contribution in [0.1, 0.15) is 11.4 Å². The maximum Gasteiger partial charge on any atom is 0.113 e. The highest BCUT2D eigenvalue weighted by atomic mass is 35.5. The van der Waals surface area contributed by atoms with Crippen molar-refractivity contribution in [2.24, 2.45) is 5.73 Å². The molecule has 0 amide bonds. The van der Waals surface area contributed by atoms with E-state index < -0.39 is 0 Å². The number of rotatable bonds is 4. The Balaban J connectivity index is 2.20. The smallest absolute Gasteiger partial charge is 0.113 e. The van der Waals surface area contributed by atoms with E-state index in [1.807, 2.05) is 30.5 Å². The van der Waals surface area contributed by atoms with E-state index in [1.54, 1.807) is 6.20 Å². The van der Waals surface area contributed by atoms with Gasteiger partial charge in [0.05, 0.1) is 0 Å². The van der Waals surface area contributed by atoms with Crippen LogP contribution in [-0.4, -0.2) is 16.1 Å². The van der Waals surface area contributed by atoms with Gasteiger partial charge in [0.1, 0.15) is 5.82 Å². The number of hydrogen-bond acceptors (Lipinski definition) is 2. The van der Waals surface area contributed by atoms with Gasteiger partial charge in [-0.05, 0) is 11.6 Å². The van der Waals surface area contributed by atoms with E-state index in [0.29, 0.717) is 6.54 Å². The Morgan fingerprint density at radius 3 is 2.88 bits per heavy atom. The predicted octanol–water partition coefficient (Wildman–Crippen LogP) is 2.09. The first-order valence-corrected chi connectivity index (χ1v) is 5.62. The number of halogens is 1. The van der Waals surface area contributed by atoms with Crippen molar-refractivity contribution in [1.29, 1.82) is 0 Å². The quantitative estimate of drug-likeness (QED) is 0.882. The number of nitrogens with two attached hydrogens (primary N) is 1. The lowest BCUT2D eigenvalue weighted by molar-refractivity contribution is 0.671. The molecule has 84 valence electrons. The molecule has 0 aliphatic carbocycles. The van der Waals surface area contributed by atoms with Crippen molar-refractivity contribution < 1.29 is 0 Å². The van der Waals surface area contributed by atoms with Gasteiger partial charge in [0.25, 0.3) is 0 Å². The van der Waals surface area contributed by atoms with Gasteiger partial charge < -0.3 is 10.3 Å². The Labute approximate surface area is 99.9 Å². The van der Waals surface area contributed by atoms with Crippen molar-refractivity contribution >= 4 is 11.6 Å². The lowest BCUT2D eigenvalue weighted by Gasteiger charge is -2.07. The second kappa shape index (κ2) is 5.14. The molecule has 1 heterocycles. The van der Waals surface area contributed by atoms with Crippen LogP contribution in [-0.2, 0) is 13.0 Å². The van der Waals surface area contributed by atoms with Gasteiger partial charge in [-0.2, -0.15) is 0 Å². The highest BCUT2D eigenvalue weighted by Crippen LogP contribution is 2.18. The monoisotopic (exact) mass is 235 g/mol. The third kappa shape index (κ3) is 2.43. The SMILES string of the molecule is NCCn1ccnc1Cc1ccccc1Cl. The van der Waals surface area contributed by atoms with Gasteiger partial charge in [0.2, 0.25) is 0 Å². The fraction of sp³-hybridized carbons (Fsp3) is 0.250. The molecule has 0 unspecified atom stereocenters. The average Bonchev–Trinajstić information content (AvgIpc) is 2.70. The van der Waals surface area contributed by atoms with Crippen LogP contribution >= 0.6 is 11.6 Å². The molecule has 2 rings (SSSR count). The van der Waals surface area contributed by atoms with E-state index in [1.165, 1.54) is 0 Å². The fourth-order valence-corrected chi connectivity index (χ4v) is 1.86. The molecule has 0 aliphatic rings. The molecule has 16 heavy (non-hydrogen) atoms. The summed E-state index contributed by atoms with van der Waals surface area (Å²) in [6.45, 7) is 1.41. The molecule has 0 fully saturated rings. The lowest BCUT2D eigenvalue weighted by atomic mass is 10.1. The molecule has 1 aromatic heterocycles. The van der Waals surface area contributed by atoms with E-state index in [0.717, 1.165) is 29.4 Å². The van der Waals surface area contributed by atoms with E-state index in [4.69, 9.17) is 17.3 Å². The van der Waals surface area contributed by atoms with Crippen LogP contribution in [0.4, 0.5) is 0 Å². The predicted molar refractivity (Wildman–Crippen MR) is 65.5 cm³/mol. The molecule has 2 aromatic rings. The Morgan fingerprint density at radius 1 is 1.31 bits per heavy atom. The van der Waals surface area contributed by atoms with E-state index in [9.17, 15) is 0 Å². The maximum absolute atomic E-state index is 6.11. The number of aromatic nitrogens is 2. The molecule has 3 nitrogen and oxygen atoms in total. The Bertz CT molecular complexity index is 465. The number of benzene rings is 1. The number of hydrogen-bond donors (Lipinski definition) is 1. The molecule has 0 bridgehead atoms. The summed E-state index contributed by atoms with van der Waals surface area (Å²) in [6, 6.07) is 7.83. The van der Waals surface area contributed by atoms with Crippen LogP contribution < -0.4 is 5.73 Å². The third-order valence-corrected chi connectivity index (χ3v) is 2.85. The molecular formula is C12H14ClN3. The summed E-state index contributed by atoms with van der Waals surface area (Å²) in [4.78, 5) is 4.32. The van der Waals surface area contributed by atoms with Crippen molar-refractivity contribution in [2.45, 2.75) is 13.0 Å². The molecule has 0 radical (unpaired) electrons. The molecular weight excluding hydrogens is 222 g/mol. The van der Waals surface area contributed by atoms with Gasteiger partial charge >= 0.3 is 0 Å². The second-order valence-corrected chi connectivity index (χ2v) is 4.00. The van der Waals surface area contributed by atoms with Gasteiger partial charge in [-0.15, -0.1) is 0 Å². The van der Waals surface area contributed by atoms with Crippen molar-refractivity contribution in [1.82, 2.24) is 9.55 Å². The van der Waals surface area contributed by atoms with Crippen LogP contribution in [0.3, 0.4) is 0 Å². The minimum Gasteiger partial charge on any atom is -0.333 e. The van der Waals surface area contributed by atoms with Gasteiger partial charge in [-0.3, -0.25) is 0 Å². The zero-order valence-electron chi connectivity index (χ0n) is 8.94. The molecule has 0 aliphatic heterocycles. The van der Waals surface area contributed by atoms with Crippen LogP contribution in [0.15, 0.2) is 36.7 Å². The Hall–Kier alpha value is -1.32. The lowest BCUT2D eigenvalue weighted by Crippen LogP contribution is -2.12. The molecule has 1 aromatic carbocycles. The van der Waals surface area contributed by atoms with E-state index >= 15 is 0 Å². The molecule has 2 N–H and O–H groups in total. The Morgan fingerprint density at radius 2 is 2.12 bits per heavy atom. The summed E-state index contributed by atoms with van der Waals surface area (Å²) in [5.74, 6) is 0.999. The standard InChI is InChI=1S/C12H14ClN3/c13-11-4-2-1-3-10(11)9-12-15-6-8-16(12)7-5-14/h1-4,6,8H,5,7,9,14H2. The topological polar surface area (TPSA) is 43.8 Å². The van der Waals surface area contributed by atoms with E-state index in [2.05, 4.69) is 9.55 Å². The van der Waals surface area contributed by atoms with E-state index in [-0.39, 0.29) is 0 Å². The van der Waals surface area contributed by atoms with Crippen LogP contribution in [0, 0.1) is 0 Å². The minimum atomic E-state index is 0.617. The zero-order chi connectivity index (χ0) is 11.4. The average molecular weight is 236 g/mol. The largest absolute Gasteiger partial charge is 0.333 e. The summed E-state index contributed by atoms with van der Waals surface area (Å²) < 4.78 is 2.06. The molecule has 4 heteroatoms. The van der Waals surface area contributed by atoms with Crippen molar-refractivity contribution in [3.05, 3.63) is 53.1 Å². The highest BCUT2D eigenvalue weighted by Gasteiger charge is 2.05. The Kier molecular flexibility index (Phi) is 3.59. The minimum absolute atomic E-state index is 0.617. The number of imidazole rings is 1. The first-order valence-electron chi connectivity index (χ1n) is 5.24. The first-order chi connectivity index (χ1) is 7.81. The maximum atomic E-state index is 6.11. The summed E-state index contributed by atoms with van der Waals surface area (Å²) in [6.07, 6.45) is 4.48. The van der Waals surface area contributed by atoms with Gasteiger partial charge in [-0.1, -0.05) is 29.8 Å². The molecule has 0 spiro atoms. The first kappa shape index (κ1) is 11.2. The highest BCUT2D eigenvalue weighted by molar-refractivity contribution is 6.31. The zero-order valence-corrected chi connectivity index (χ0v) is 9.69. The van der Waals surface area contributed by atoms with Crippen molar-refractivity contribution in [3.63, 3.8) is 0 Å². The van der Waals surface area contributed by atoms with Gasteiger partial charge in [0.15, 0.2) is 0 Å². The fourth-order valence-electron chi connectivity index (χ4n) is 1.66. The summed E-state index contributed by atoms with van der Waals surface area (Å²) in [5, 5.41) is 0.782. The summed E-state index contributed by atoms with van der Waals surface area (Å²) >= 11 is 6.11. The number of nitrogens with zero attached hydrogens (tertiary/aromatic N) is 2. The van der Waals surface area contributed by atoms with Gasteiger partial charge in [0, 0.05) is 36.9 Å². The van der Waals surface area contributed by atoms with Gasteiger partial charge in [-0.25, -0.2) is 4.98 Å². The van der Waals surface area contributed by atoms with Crippen molar-refractivity contribution in [2.75, 3.05) is 6.54 Å². The molecule has 0 atom stereocenters. The van der Waals surface area contributed by atoms with Crippen molar-refractivity contribution in [3.8, 4) is 0 Å². The normalized spacial score (nSPS) is 10.6. The second-order valence-electron chi connectivity index (χ2n) is 3.59. The molecule has 0 saturated heterocycles.